The molecule has 24 heavy (non-hydrogen) atoms. The van der Waals surface area contributed by atoms with E-state index in [0.717, 1.165) is 0 Å². The molecule has 6 nitrogen and oxygen atoms in total. The van der Waals surface area contributed by atoms with Gasteiger partial charge in [-0.1, -0.05) is 29.3 Å². The number of hydrogen-bond donors (Lipinski definition) is 1. The van der Waals surface area contributed by atoms with Crippen LogP contribution in [0.1, 0.15) is 19.8 Å². The van der Waals surface area contributed by atoms with Crippen LogP contribution in [0, 0.1) is 5.92 Å². The van der Waals surface area contributed by atoms with Crippen molar-refractivity contribution in [3.05, 3.63) is 28.2 Å². The highest BCUT2D eigenvalue weighted by molar-refractivity contribution is 6.44. The molecule has 1 aliphatic heterocycles. The molecule has 1 heterocycles. The molecule has 1 aliphatic rings. The Labute approximate surface area is 150 Å². The van der Waals surface area contributed by atoms with E-state index >= 15 is 0 Å². The van der Waals surface area contributed by atoms with E-state index < -0.39 is 17.7 Å². The average molecular weight is 373 g/mol. The Hall–Kier alpha value is -1.79. The summed E-state index contributed by atoms with van der Waals surface area (Å²) >= 11 is 12.0. The van der Waals surface area contributed by atoms with E-state index in [1.165, 1.54) is 4.90 Å². The third kappa shape index (κ3) is 4.39. The maximum Gasteiger partial charge on any atom is 0.313 e. The monoisotopic (exact) mass is 372 g/mol. The summed E-state index contributed by atoms with van der Waals surface area (Å²) < 4.78 is 4.98. The van der Waals surface area contributed by atoms with Crippen LogP contribution in [0.25, 0.3) is 0 Å². The third-order valence-corrected chi connectivity index (χ3v) is 4.35. The van der Waals surface area contributed by atoms with Crippen LogP contribution in [-0.4, -0.2) is 42.4 Å². The first-order valence-corrected chi connectivity index (χ1v) is 8.40. The Kier molecular flexibility index (Phi) is 6.45. The second-order valence-corrected chi connectivity index (χ2v) is 6.21. The van der Waals surface area contributed by atoms with Gasteiger partial charge in [0.15, 0.2) is 0 Å². The molecule has 0 aromatic heterocycles. The molecule has 1 fully saturated rings. The summed E-state index contributed by atoms with van der Waals surface area (Å²) in [6.07, 6.45) is 1.27. The van der Waals surface area contributed by atoms with Gasteiger partial charge in [0.2, 0.25) is 0 Å². The van der Waals surface area contributed by atoms with Gasteiger partial charge in [0.1, 0.15) is 0 Å². The maximum atomic E-state index is 12.3. The molecule has 1 aromatic rings. The normalized spacial score (nSPS) is 17.3. The van der Waals surface area contributed by atoms with Gasteiger partial charge in [-0.25, -0.2) is 0 Å². The summed E-state index contributed by atoms with van der Waals surface area (Å²) in [5.74, 6) is -2.31. The first kappa shape index (κ1) is 18.5. The van der Waals surface area contributed by atoms with Crippen molar-refractivity contribution < 1.29 is 19.1 Å². The van der Waals surface area contributed by atoms with Gasteiger partial charge in [-0.3, -0.25) is 14.4 Å². The summed E-state index contributed by atoms with van der Waals surface area (Å²) in [5, 5.41) is 2.92. The number of piperidine rings is 1. The van der Waals surface area contributed by atoms with Crippen molar-refractivity contribution in [3.8, 4) is 0 Å². The Morgan fingerprint density at radius 2 is 1.96 bits per heavy atom. The quantitative estimate of drug-likeness (QED) is 0.653. The van der Waals surface area contributed by atoms with Crippen molar-refractivity contribution in [3.63, 3.8) is 0 Å². The van der Waals surface area contributed by atoms with Crippen LogP contribution in [0.3, 0.4) is 0 Å². The van der Waals surface area contributed by atoms with Crippen molar-refractivity contribution >= 4 is 46.7 Å². The molecule has 1 saturated heterocycles. The molecule has 1 aromatic carbocycles. The number of anilines is 1. The molecule has 0 spiro atoms. The first-order chi connectivity index (χ1) is 11.4. The largest absolute Gasteiger partial charge is 0.466 e. The van der Waals surface area contributed by atoms with Gasteiger partial charge in [-0.2, -0.15) is 0 Å². The van der Waals surface area contributed by atoms with E-state index in [0.29, 0.717) is 19.4 Å². The molecule has 0 saturated carbocycles. The van der Waals surface area contributed by atoms with Gasteiger partial charge < -0.3 is 15.0 Å². The minimum absolute atomic E-state index is 0.168. The lowest BCUT2D eigenvalue weighted by molar-refractivity contribution is -0.153. The van der Waals surface area contributed by atoms with Crippen molar-refractivity contribution in [2.24, 2.45) is 5.92 Å². The standard InChI is InChI=1S/C16H18Cl2N2O4/c1-2-24-16(23)10-5-4-8-20(9-10)15(22)14(21)19-13-11(17)6-3-7-12(13)18/h3,6-7,10H,2,4-5,8-9H2,1H3,(H,19,21). The van der Waals surface area contributed by atoms with Gasteiger partial charge in [0, 0.05) is 13.1 Å². The van der Waals surface area contributed by atoms with E-state index in [2.05, 4.69) is 5.32 Å². The second-order valence-electron chi connectivity index (χ2n) is 5.39. The number of esters is 1. The molecule has 130 valence electrons. The topological polar surface area (TPSA) is 75.7 Å². The summed E-state index contributed by atoms with van der Waals surface area (Å²) in [7, 11) is 0. The zero-order valence-corrected chi connectivity index (χ0v) is 14.7. The van der Waals surface area contributed by atoms with E-state index in [4.69, 9.17) is 27.9 Å². The lowest BCUT2D eigenvalue weighted by atomic mass is 9.98. The fourth-order valence-corrected chi connectivity index (χ4v) is 3.03. The number of likely N-dealkylation sites (tertiary alicyclic amines) is 1. The SMILES string of the molecule is CCOC(=O)C1CCCN(C(=O)C(=O)Nc2c(Cl)cccc2Cl)C1. The predicted octanol–water partition coefficient (Wildman–Crippen LogP) is 2.73. The van der Waals surface area contributed by atoms with Crippen LogP contribution in [0.2, 0.25) is 10.0 Å². The number of rotatable bonds is 3. The summed E-state index contributed by atoms with van der Waals surface area (Å²) in [6, 6.07) is 4.76. The Morgan fingerprint density at radius 1 is 1.29 bits per heavy atom. The Balaban J connectivity index is 2.02. The van der Waals surface area contributed by atoms with E-state index in [1.807, 2.05) is 0 Å². The summed E-state index contributed by atoms with van der Waals surface area (Å²) in [6.45, 7) is 2.60. The average Bonchev–Trinajstić information content (AvgIpc) is 2.57. The lowest BCUT2D eigenvalue weighted by Gasteiger charge is -2.31. The first-order valence-electron chi connectivity index (χ1n) is 7.65. The fraction of sp³-hybridized carbons (Fsp3) is 0.438. The molecule has 2 amide bonds. The molecule has 2 rings (SSSR count). The lowest BCUT2D eigenvalue weighted by Crippen LogP contribution is -2.47. The molecular weight excluding hydrogens is 355 g/mol. The van der Waals surface area contributed by atoms with Crippen molar-refractivity contribution in [1.82, 2.24) is 4.90 Å². The number of nitrogens with zero attached hydrogens (tertiary/aromatic N) is 1. The number of carbonyl (C=O) groups is 3. The van der Waals surface area contributed by atoms with Crippen LogP contribution >= 0.6 is 23.2 Å². The highest BCUT2D eigenvalue weighted by atomic mass is 35.5. The van der Waals surface area contributed by atoms with Crippen molar-refractivity contribution in [2.75, 3.05) is 25.0 Å². The number of benzene rings is 1. The number of carbonyl (C=O) groups excluding carboxylic acids is 3. The highest BCUT2D eigenvalue weighted by Crippen LogP contribution is 2.30. The highest BCUT2D eigenvalue weighted by Gasteiger charge is 2.32. The molecule has 1 unspecified atom stereocenters. The van der Waals surface area contributed by atoms with Crippen LogP contribution in [-0.2, 0) is 19.1 Å². The third-order valence-electron chi connectivity index (χ3n) is 3.72. The number of halogens is 2. The maximum absolute atomic E-state index is 12.3. The molecule has 1 N–H and O–H groups in total. The van der Waals surface area contributed by atoms with Gasteiger partial charge >= 0.3 is 17.8 Å². The zero-order valence-electron chi connectivity index (χ0n) is 13.2. The van der Waals surface area contributed by atoms with Gasteiger partial charge in [-0.05, 0) is 31.9 Å². The number of hydrogen-bond acceptors (Lipinski definition) is 4. The molecule has 0 radical (unpaired) electrons. The zero-order chi connectivity index (χ0) is 17.7. The molecule has 0 bridgehead atoms. The number of nitrogens with one attached hydrogen (secondary N) is 1. The molecule has 0 aliphatic carbocycles. The number of amides is 2. The van der Waals surface area contributed by atoms with Crippen LogP contribution in [0.4, 0.5) is 5.69 Å². The number of ether oxygens (including phenoxy) is 1. The fourth-order valence-electron chi connectivity index (χ4n) is 2.54. The molecule has 1 atom stereocenters. The Bertz CT molecular complexity index is 631. The van der Waals surface area contributed by atoms with E-state index in [-0.39, 0.29) is 34.9 Å². The van der Waals surface area contributed by atoms with Crippen molar-refractivity contribution in [1.29, 1.82) is 0 Å². The van der Waals surface area contributed by atoms with Crippen molar-refractivity contribution in [2.45, 2.75) is 19.8 Å². The van der Waals surface area contributed by atoms with Gasteiger partial charge in [0.25, 0.3) is 0 Å². The van der Waals surface area contributed by atoms with Crippen LogP contribution < -0.4 is 5.32 Å². The smallest absolute Gasteiger partial charge is 0.313 e. The van der Waals surface area contributed by atoms with E-state index in [9.17, 15) is 14.4 Å². The molecule has 8 heteroatoms. The molecular formula is C16H18Cl2N2O4. The van der Waals surface area contributed by atoms with Gasteiger partial charge in [0.05, 0.1) is 28.3 Å². The van der Waals surface area contributed by atoms with Crippen LogP contribution in [0.15, 0.2) is 18.2 Å². The van der Waals surface area contributed by atoms with Gasteiger partial charge in [-0.15, -0.1) is 0 Å². The second kappa shape index (κ2) is 8.35. The van der Waals surface area contributed by atoms with Crippen LogP contribution in [0.5, 0.6) is 0 Å². The predicted molar refractivity (Wildman–Crippen MR) is 91.0 cm³/mol. The van der Waals surface area contributed by atoms with E-state index in [1.54, 1.807) is 25.1 Å². The Morgan fingerprint density at radius 3 is 2.58 bits per heavy atom. The summed E-state index contributed by atoms with van der Waals surface area (Å²) in [5.41, 5.74) is 0.193. The summed E-state index contributed by atoms with van der Waals surface area (Å²) in [4.78, 5) is 37.7. The minimum atomic E-state index is -0.838. The number of para-hydroxylation sites is 1. The minimum Gasteiger partial charge on any atom is -0.466 e.